The van der Waals surface area contributed by atoms with Gasteiger partial charge in [0.15, 0.2) is 0 Å². The highest BCUT2D eigenvalue weighted by molar-refractivity contribution is 6.30. The molecule has 0 saturated heterocycles. The average Bonchev–Trinajstić information content (AvgIpc) is 2.32. The summed E-state index contributed by atoms with van der Waals surface area (Å²) in [7, 11) is 3.70. The molecule has 0 heterocycles. The summed E-state index contributed by atoms with van der Waals surface area (Å²) in [6, 6.07) is 8.06. The Hall–Kier alpha value is -0.570. The Morgan fingerprint density at radius 1 is 1.38 bits per heavy atom. The maximum absolute atomic E-state index is 5.89. The Morgan fingerprint density at radius 2 is 1.94 bits per heavy atom. The molecule has 2 atom stereocenters. The molecule has 1 rings (SSSR count). The van der Waals surface area contributed by atoms with Crippen LogP contribution in [0.4, 0.5) is 0 Å². The standard InChI is InChI=1S/C13H20ClNO/c1-5-13(2,16-4)12(15-3)10-6-8-11(14)9-7-10/h6-9,12,15H,5H2,1-4H3. The van der Waals surface area contributed by atoms with Gasteiger partial charge in [0.25, 0.3) is 0 Å². The molecule has 3 heteroatoms. The van der Waals surface area contributed by atoms with Crippen LogP contribution in [0.1, 0.15) is 31.9 Å². The lowest BCUT2D eigenvalue weighted by molar-refractivity contribution is -0.0280. The van der Waals surface area contributed by atoms with Gasteiger partial charge in [-0.2, -0.15) is 0 Å². The fourth-order valence-corrected chi connectivity index (χ4v) is 2.07. The number of benzene rings is 1. The van der Waals surface area contributed by atoms with Crippen molar-refractivity contribution in [2.75, 3.05) is 14.2 Å². The van der Waals surface area contributed by atoms with Gasteiger partial charge in [-0.1, -0.05) is 30.7 Å². The van der Waals surface area contributed by atoms with Crippen molar-refractivity contribution in [1.82, 2.24) is 5.32 Å². The highest BCUT2D eigenvalue weighted by Gasteiger charge is 2.32. The molecule has 0 amide bonds. The van der Waals surface area contributed by atoms with Crippen LogP contribution in [0.15, 0.2) is 24.3 Å². The smallest absolute Gasteiger partial charge is 0.0841 e. The van der Waals surface area contributed by atoms with E-state index in [2.05, 4.69) is 19.2 Å². The number of likely N-dealkylation sites (N-methyl/N-ethyl adjacent to an activating group) is 1. The second-order valence-corrected chi connectivity index (χ2v) is 4.58. The molecule has 0 bridgehead atoms. The van der Waals surface area contributed by atoms with Crippen molar-refractivity contribution in [3.63, 3.8) is 0 Å². The SMILES string of the molecule is CCC(C)(OC)C(NC)c1ccc(Cl)cc1. The van der Waals surface area contributed by atoms with Crippen molar-refractivity contribution in [3.8, 4) is 0 Å². The Morgan fingerprint density at radius 3 is 2.31 bits per heavy atom. The molecule has 0 radical (unpaired) electrons. The topological polar surface area (TPSA) is 21.3 Å². The van der Waals surface area contributed by atoms with E-state index in [-0.39, 0.29) is 11.6 Å². The maximum atomic E-state index is 5.89. The molecule has 0 aliphatic heterocycles. The lowest BCUT2D eigenvalue weighted by Crippen LogP contribution is -2.41. The quantitative estimate of drug-likeness (QED) is 0.853. The minimum absolute atomic E-state index is 0.166. The van der Waals surface area contributed by atoms with Gasteiger partial charge in [0.1, 0.15) is 0 Å². The van der Waals surface area contributed by atoms with Gasteiger partial charge in [-0.25, -0.2) is 0 Å². The monoisotopic (exact) mass is 241 g/mol. The van der Waals surface area contributed by atoms with Gasteiger partial charge in [-0.15, -0.1) is 0 Å². The molecular formula is C13H20ClNO. The van der Waals surface area contributed by atoms with Crippen LogP contribution in [0.3, 0.4) is 0 Å². The Kier molecular flexibility index (Phi) is 4.78. The largest absolute Gasteiger partial charge is 0.377 e. The summed E-state index contributed by atoms with van der Waals surface area (Å²) >= 11 is 5.89. The second kappa shape index (κ2) is 5.67. The molecule has 0 aromatic heterocycles. The van der Waals surface area contributed by atoms with Gasteiger partial charge in [-0.3, -0.25) is 0 Å². The normalized spacial score (nSPS) is 16.8. The van der Waals surface area contributed by atoms with Gasteiger partial charge < -0.3 is 10.1 Å². The van der Waals surface area contributed by atoms with Crippen molar-refractivity contribution in [2.24, 2.45) is 0 Å². The highest BCUT2D eigenvalue weighted by Crippen LogP contribution is 2.31. The van der Waals surface area contributed by atoms with Gasteiger partial charge in [-0.05, 0) is 38.1 Å². The zero-order valence-corrected chi connectivity index (χ0v) is 11.1. The number of ether oxygens (including phenoxy) is 1. The summed E-state index contributed by atoms with van der Waals surface area (Å²) in [5.74, 6) is 0. The molecule has 0 spiro atoms. The molecule has 1 N–H and O–H groups in total. The van der Waals surface area contributed by atoms with E-state index < -0.39 is 0 Å². The van der Waals surface area contributed by atoms with Gasteiger partial charge in [0.2, 0.25) is 0 Å². The summed E-state index contributed by atoms with van der Waals surface area (Å²) in [5, 5.41) is 4.07. The second-order valence-electron chi connectivity index (χ2n) is 4.14. The van der Waals surface area contributed by atoms with E-state index in [0.29, 0.717) is 0 Å². The number of methoxy groups -OCH3 is 1. The molecule has 0 fully saturated rings. The third-order valence-electron chi connectivity index (χ3n) is 3.27. The molecule has 2 nitrogen and oxygen atoms in total. The first-order valence-electron chi connectivity index (χ1n) is 5.55. The van der Waals surface area contributed by atoms with Crippen LogP contribution in [-0.2, 0) is 4.74 Å². The van der Waals surface area contributed by atoms with E-state index in [1.54, 1.807) is 7.11 Å². The van der Waals surface area contributed by atoms with Crippen LogP contribution in [0.2, 0.25) is 5.02 Å². The number of halogens is 1. The maximum Gasteiger partial charge on any atom is 0.0841 e. The van der Waals surface area contributed by atoms with Gasteiger partial charge in [0.05, 0.1) is 11.6 Å². The number of rotatable bonds is 5. The van der Waals surface area contributed by atoms with E-state index in [1.165, 1.54) is 5.56 Å². The minimum Gasteiger partial charge on any atom is -0.377 e. The van der Waals surface area contributed by atoms with E-state index in [4.69, 9.17) is 16.3 Å². The van der Waals surface area contributed by atoms with Gasteiger partial charge >= 0.3 is 0 Å². The molecule has 16 heavy (non-hydrogen) atoms. The van der Waals surface area contributed by atoms with Crippen LogP contribution in [0.5, 0.6) is 0 Å². The van der Waals surface area contributed by atoms with Crippen molar-refractivity contribution in [3.05, 3.63) is 34.9 Å². The van der Waals surface area contributed by atoms with Crippen LogP contribution in [0, 0.1) is 0 Å². The van der Waals surface area contributed by atoms with Crippen molar-refractivity contribution < 1.29 is 4.74 Å². The fraction of sp³-hybridized carbons (Fsp3) is 0.538. The van der Waals surface area contributed by atoms with Crippen molar-refractivity contribution in [2.45, 2.75) is 31.9 Å². The third kappa shape index (κ3) is 2.76. The lowest BCUT2D eigenvalue weighted by Gasteiger charge is -2.36. The predicted molar refractivity (Wildman–Crippen MR) is 69.0 cm³/mol. The summed E-state index contributed by atoms with van der Waals surface area (Å²) in [6.07, 6.45) is 0.942. The van der Waals surface area contributed by atoms with E-state index in [1.807, 2.05) is 31.3 Å². The van der Waals surface area contributed by atoms with E-state index in [9.17, 15) is 0 Å². The van der Waals surface area contributed by atoms with E-state index >= 15 is 0 Å². The minimum atomic E-state index is -0.206. The first-order valence-corrected chi connectivity index (χ1v) is 5.93. The number of hydrogen-bond acceptors (Lipinski definition) is 2. The highest BCUT2D eigenvalue weighted by atomic mass is 35.5. The molecule has 1 aromatic carbocycles. The Labute approximate surface area is 103 Å². The average molecular weight is 242 g/mol. The predicted octanol–water partition coefficient (Wildman–Crippen LogP) is 3.42. The van der Waals surface area contributed by atoms with E-state index in [0.717, 1.165) is 11.4 Å². The fourth-order valence-electron chi connectivity index (χ4n) is 1.95. The third-order valence-corrected chi connectivity index (χ3v) is 3.52. The molecule has 0 aliphatic carbocycles. The van der Waals surface area contributed by atoms with Crippen molar-refractivity contribution >= 4 is 11.6 Å². The van der Waals surface area contributed by atoms with Gasteiger partial charge in [0, 0.05) is 12.1 Å². The molecule has 0 aliphatic rings. The molecule has 0 saturated carbocycles. The first kappa shape index (κ1) is 13.5. The number of nitrogens with one attached hydrogen (secondary N) is 1. The lowest BCUT2D eigenvalue weighted by atomic mass is 9.88. The summed E-state index contributed by atoms with van der Waals surface area (Å²) in [4.78, 5) is 0. The Bertz CT molecular complexity index is 319. The first-order chi connectivity index (χ1) is 7.57. The zero-order valence-electron chi connectivity index (χ0n) is 10.4. The van der Waals surface area contributed by atoms with Crippen LogP contribution < -0.4 is 5.32 Å². The van der Waals surface area contributed by atoms with Crippen molar-refractivity contribution in [1.29, 1.82) is 0 Å². The van der Waals surface area contributed by atoms with Crippen LogP contribution in [-0.4, -0.2) is 19.8 Å². The van der Waals surface area contributed by atoms with Crippen LogP contribution in [0.25, 0.3) is 0 Å². The summed E-state index contributed by atoms with van der Waals surface area (Å²) in [6.45, 7) is 4.24. The number of hydrogen-bond donors (Lipinski definition) is 1. The van der Waals surface area contributed by atoms with Crippen LogP contribution >= 0.6 is 11.6 Å². The Balaban J connectivity index is 3.02. The molecule has 1 aromatic rings. The zero-order chi connectivity index (χ0) is 12.2. The summed E-state index contributed by atoms with van der Waals surface area (Å²) in [5.41, 5.74) is 0.987. The summed E-state index contributed by atoms with van der Waals surface area (Å²) < 4.78 is 5.63. The molecular weight excluding hydrogens is 222 g/mol. The molecule has 90 valence electrons. The molecule has 2 unspecified atom stereocenters.